The fourth-order valence-electron chi connectivity index (χ4n) is 0.910. The van der Waals surface area contributed by atoms with Crippen molar-refractivity contribution in [3.8, 4) is 0 Å². The third kappa shape index (κ3) is 9.13. The maximum absolute atomic E-state index is 10.2. The Balaban J connectivity index is 0. The van der Waals surface area contributed by atoms with Gasteiger partial charge in [0.15, 0.2) is 0 Å². The van der Waals surface area contributed by atoms with Gasteiger partial charge in [0.1, 0.15) is 0 Å². The van der Waals surface area contributed by atoms with Gasteiger partial charge in [-0.2, -0.15) is 0 Å². The normalized spacial score (nSPS) is 9.17. The van der Waals surface area contributed by atoms with E-state index in [2.05, 4.69) is 18.1 Å². The molecule has 0 bridgehead atoms. The van der Waals surface area contributed by atoms with E-state index >= 15 is 0 Å². The minimum Gasteiger partial charge on any atom is -0.854 e. The Morgan fingerprint density at radius 2 is 1.67 bits per heavy atom. The molecule has 0 fully saturated rings. The Morgan fingerprint density at radius 1 is 1.17 bits per heavy atom. The number of rotatable bonds is 7. The molecule has 0 aromatic rings. The van der Waals surface area contributed by atoms with Gasteiger partial charge >= 0.3 is 51.4 Å². The van der Waals surface area contributed by atoms with E-state index in [4.69, 9.17) is 0 Å². The summed E-state index contributed by atoms with van der Waals surface area (Å²) in [5, 5.41) is 10.2. The van der Waals surface area contributed by atoms with E-state index in [1.807, 2.05) is 12.2 Å². The van der Waals surface area contributed by atoms with Gasteiger partial charge in [-0.3, -0.25) is 4.90 Å². The van der Waals surface area contributed by atoms with Crippen LogP contribution in [-0.4, -0.2) is 31.1 Å². The van der Waals surface area contributed by atoms with Crippen molar-refractivity contribution in [3.05, 3.63) is 25.3 Å². The van der Waals surface area contributed by atoms with Gasteiger partial charge in [-0.25, -0.2) is 0 Å². The van der Waals surface area contributed by atoms with E-state index in [1.54, 1.807) is 0 Å². The molecular weight excluding hydrogens is 177 g/mol. The minimum atomic E-state index is 0. The van der Waals surface area contributed by atoms with E-state index in [0.29, 0.717) is 6.42 Å². The predicted molar refractivity (Wildman–Crippen MR) is 46.3 cm³/mol. The first-order valence-corrected chi connectivity index (χ1v) is 3.87. The molecule has 0 saturated heterocycles. The van der Waals surface area contributed by atoms with Gasteiger partial charge in [-0.15, -0.1) is 19.8 Å². The van der Waals surface area contributed by atoms with Crippen LogP contribution in [0.2, 0.25) is 0 Å². The first kappa shape index (κ1) is 15.5. The van der Waals surface area contributed by atoms with E-state index in [-0.39, 0.29) is 58.0 Å². The maximum Gasteiger partial charge on any atom is 1.00 e. The molecule has 2 nitrogen and oxygen atoms in total. The zero-order valence-corrected chi connectivity index (χ0v) is 11.1. The van der Waals surface area contributed by atoms with Crippen LogP contribution in [0.3, 0.4) is 0 Å². The quantitative estimate of drug-likeness (QED) is 0.328. The van der Waals surface area contributed by atoms with Crippen LogP contribution in [0, 0.1) is 0 Å². The third-order valence-electron chi connectivity index (χ3n) is 1.39. The first-order chi connectivity index (χ1) is 5.35. The third-order valence-corrected chi connectivity index (χ3v) is 1.39. The maximum atomic E-state index is 10.2. The van der Waals surface area contributed by atoms with Gasteiger partial charge in [-0.1, -0.05) is 18.6 Å². The van der Waals surface area contributed by atoms with Crippen LogP contribution < -0.4 is 56.5 Å². The molecule has 0 aliphatic heterocycles. The summed E-state index contributed by atoms with van der Waals surface area (Å²) in [6.07, 6.45) is 4.39. The predicted octanol–water partition coefficient (Wildman–Crippen LogP) is -2.59. The van der Waals surface area contributed by atoms with Gasteiger partial charge in [0.05, 0.1) is 0 Å². The van der Waals surface area contributed by atoms with Crippen molar-refractivity contribution in [2.45, 2.75) is 6.42 Å². The molecule has 0 aliphatic rings. The molecule has 0 aromatic carbocycles. The summed E-state index contributed by atoms with van der Waals surface area (Å²) in [5.41, 5.74) is 0. The van der Waals surface area contributed by atoms with Crippen molar-refractivity contribution in [2.24, 2.45) is 0 Å². The number of hydrogen-bond donors (Lipinski definition) is 0. The van der Waals surface area contributed by atoms with Crippen LogP contribution in [0.15, 0.2) is 25.3 Å². The number of nitrogens with zero attached hydrogens (tertiary/aromatic N) is 1. The SMILES string of the molecule is C=CCN(CC=C)CCC[O-].[K+]. The Morgan fingerprint density at radius 3 is 2.00 bits per heavy atom. The fraction of sp³-hybridized carbons (Fsp3) is 0.556. The second-order valence-corrected chi connectivity index (χ2v) is 2.39. The van der Waals surface area contributed by atoms with Crippen molar-refractivity contribution in [3.63, 3.8) is 0 Å². The molecule has 0 rings (SSSR count). The second kappa shape index (κ2) is 12.0. The summed E-state index contributed by atoms with van der Waals surface area (Å²) in [4.78, 5) is 2.14. The molecule has 0 N–H and O–H groups in total. The van der Waals surface area contributed by atoms with Gasteiger partial charge in [0.2, 0.25) is 0 Å². The topological polar surface area (TPSA) is 26.3 Å². The van der Waals surface area contributed by atoms with E-state index in [1.165, 1.54) is 0 Å². The molecule has 12 heavy (non-hydrogen) atoms. The van der Waals surface area contributed by atoms with E-state index < -0.39 is 0 Å². The molecule has 0 aromatic heterocycles. The van der Waals surface area contributed by atoms with Gasteiger partial charge < -0.3 is 5.11 Å². The molecular formula is C9H16KNO. The van der Waals surface area contributed by atoms with Crippen LogP contribution in [-0.2, 0) is 0 Å². The molecule has 64 valence electrons. The van der Waals surface area contributed by atoms with Crippen LogP contribution in [0.25, 0.3) is 0 Å². The standard InChI is InChI=1S/C9H16NO.K/c1-3-6-10(7-4-2)8-5-9-11;/h3-4H,1-2,5-9H2;/q-1;+1. The minimum absolute atomic E-state index is 0. The molecule has 0 unspecified atom stereocenters. The molecule has 0 amide bonds. The van der Waals surface area contributed by atoms with Crippen molar-refractivity contribution in [1.82, 2.24) is 4.90 Å². The Bertz CT molecular complexity index is 107. The zero-order valence-electron chi connectivity index (χ0n) is 7.96. The second-order valence-electron chi connectivity index (χ2n) is 2.39. The average Bonchev–Trinajstić information content (AvgIpc) is 2.01. The van der Waals surface area contributed by atoms with Crippen molar-refractivity contribution >= 4 is 0 Å². The molecule has 0 saturated carbocycles. The summed E-state index contributed by atoms with van der Waals surface area (Å²) in [6, 6.07) is 0. The fourth-order valence-corrected chi connectivity index (χ4v) is 0.910. The van der Waals surface area contributed by atoms with Crippen LogP contribution in [0.4, 0.5) is 0 Å². The van der Waals surface area contributed by atoms with Crippen molar-refractivity contribution in [1.29, 1.82) is 0 Å². The average molecular weight is 193 g/mol. The van der Waals surface area contributed by atoms with Crippen LogP contribution in [0.5, 0.6) is 0 Å². The summed E-state index contributed by atoms with van der Waals surface area (Å²) in [6.45, 7) is 9.81. The zero-order chi connectivity index (χ0) is 8.53. The van der Waals surface area contributed by atoms with E-state index in [0.717, 1.165) is 19.6 Å². The largest absolute Gasteiger partial charge is 1.00 e. The van der Waals surface area contributed by atoms with Gasteiger partial charge in [-0.05, 0) is 6.54 Å². The van der Waals surface area contributed by atoms with Crippen LogP contribution in [0.1, 0.15) is 6.42 Å². The van der Waals surface area contributed by atoms with E-state index in [9.17, 15) is 5.11 Å². The first-order valence-electron chi connectivity index (χ1n) is 3.87. The smallest absolute Gasteiger partial charge is 0.854 e. The summed E-state index contributed by atoms with van der Waals surface area (Å²) >= 11 is 0. The van der Waals surface area contributed by atoms with Crippen molar-refractivity contribution < 1.29 is 56.5 Å². The Kier molecular flexibility index (Phi) is 15.6. The molecule has 0 aliphatic carbocycles. The molecule has 3 heteroatoms. The van der Waals surface area contributed by atoms with Gasteiger partial charge in [0.25, 0.3) is 0 Å². The Hall–Kier alpha value is 1.04. The Labute approximate surface area is 118 Å². The molecule has 0 atom stereocenters. The monoisotopic (exact) mass is 193 g/mol. The summed E-state index contributed by atoms with van der Waals surface area (Å²) in [7, 11) is 0. The van der Waals surface area contributed by atoms with Crippen LogP contribution >= 0.6 is 0 Å². The summed E-state index contributed by atoms with van der Waals surface area (Å²) in [5.74, 6) is 0. The molecule has 0 heterocycles. The van der Waals surface area contributed by atoms with Crippen molar-refractivity contribution in [2.75, 3.05) is 26.2 Å². The number of hydrogen-bond acceptors (Lipinski definition) is 2. The summed E-state index contributed by atoms with van der Waals surface area (Å²) < 4.78 is 0. The van der Waals surface area contributed by atoms with Gasteiger partial charge in [0, 0.05) is 13.1 Å². The molecule has 0 radical (unpaired) electrons. The molecule has 0 spiro atoms.